The fourth-order valence-electron chi connectivity index (χ4n) is 6.42. The Morgan fingerprint density at radius 2 is 0.827 bits per heavy atom. The van der Waals surface area contributed by atoms with Gasteiger partial charge in [-0.2, -0.15) is 0 Å². The van der Waals surface area contributed by atoms with Crippen molar-refractivity contribution in [3.05, 3.63) is 155 Å². The molecule has 0 aromatic heterocycles. The lowest BCUT2D eigenvalue weighted by atomic mass is 10.0. The van der Waals surface area contributed by atoms with E-state index in [-0.39, 0.29) is 67.6 Å². The number of nitrogens with one attached hydrogen (secondary N) is 2. The minimum absolute atomic E-state index is 0.00533. The molecule has 6 aromatic carbocycles. The average Bonchev–Trinajstić information content (AvgIpc) is 3.55. The van der Waals surface area contributed by atoms with E-state index in [0.29, 0.717) is 10.8 Å². The van der Waals surface area contributed by atoms with Crippen molar-refractivity contribution < 1.29 is 39.0 Å². The number of rotatable bonds is 6. The Bertz CT molecular complexity index is 2420. The van der Waals surface area contributed by atoms with Crippen LogP contribution < -0.4 is 20.4 Å². The summed E-state index contributed by atoms with van der Waals surface area (Å²) in [6, 6.07) is 30.2. The molecule has 2 aliphatic heterocycles. The van der Waals surface area contributed by atoms with Crippen molar-refractivity contribution >= 4 is 69.0 Å². The van der Waals surface area contributed by atoms with Crippen LogP contribution in [0.2, 0.25) is 0 Å². The number of carbonyl (C=O) groups is 6. The lowest BCUT2D eigenvalue weighted by Gasteiger charge is -2.20. The van der Waals surface area contributed by atoms with Gasteiger partial charge in [0.2, 0.25) is 0 Å². The lowest BCUT2D eigenvalue weighted by Crippen LogP contribution is -2.30. The van der Waals surface area contributed by atoms with Crippen molar-refractivity contribution in [3.8, 4) is 11.5 Å². The molecule has 4 N–H and O–H groups in total. The molecule has 2 aliphatic rings. The van der Waals surface area contributed by atoms with Gasteiger partial charge >= 0.3 is 0 Å². The molecule has 6 aromatic rings. The van der Waals surface area contributed by atoms with Crippen LogP contribution in [0.1, 0.15) is 62.1 Å². The summed E-state index contributed by atoms with van der Waals surface area (Å²) in [4.78, 5) is 83.0. The molecule has 0 spiro atoms. The third-order valence-corrected chi connectivity index (χ3v) is 8.96. The Balaban J connectivity index is 1.10. The van der Waals surface area contributed by atoms with Gasteiger partial charge in [0.1, 0.15) is 11.5 Å². The van der Waals surface area contributed by atoms with Gasteiger partial charge in [0.15, 0.2) is 0 Å². The molecule has 252 valence electrons. The number of fused-ring (bicyclic) bond motifs is 3. The summed E-state index contributed by atoms with van der Waals surface area (Å²) in [5.74, 6) is -4.06. The molecule has 0 unspecified atom stereocenters. The van der Waals surface area contributed by atoms with Gasteiger partial charge < -0.3 is 20.8 Å². The highest BCUT2D eigenvalue weighted by Gasteiger charge is 2.40. The highest BCUT2D eigenvalue weighted by Crippen LogP contribution is 2.40. The second-order valence-corrected chi connectivity index (χ2v) is 12.0. The zero-order valence-electron chi connectivity index (χ0n) is 26.8. The maximum atomic E-state index is 13.8. The Labute approximate surface area is 294 Å². The lowest BCUT2D eigenvalue weighted by molar-refractivity contribution is 0.0910. The molecular formula is C40H24N4O8. The predicted molar refractivity (Wildman–Crippen MR) is 191 cm³/mol. The van der Waals surface area contributed by atoms with Gasteiger partial charge in [0.25, 0.3) is 35.4 Å². The monoisotopic (exact) mass is 688 g/mol. The van der Waals surface area contributed by atoms with E-state index in [2.05, 4.69) is 10.6 Å². The van der Waals surface area contributed by atoms with Crippen molar-refractivity contribution in [1.29, 1.82) is 0 Å². The second kappa shape index (κ2) is 12.1. The summed E-state index contributed by atoms with van der Waals surface area (Å²) in [7, 11) is 0. The summed E-state index contributed by atoms with van der Waals surface area (Å²) in [6.45, 7) is 0. The van der Waals surface area contributed by atoms with Crippen molar-refractivity contribution in [2.75, 3.05) is 20.4 Å². The summed E-state index contributed by atoms with van der Waals surface area (Å²) in [5, 5.41) is 26.1. The van der Waals surface area contributed by atoms with Gasteiger partial charge in [-0.15, -0.1) is 0 Å². The first-order valence-electron chi connectivity index (χ1n) is 15.9. The number of para-hydroxylation sites is 4. The van der Waals surface area contributed by atoms with E-state index in [0.717, 1.165) is 9.80 Å². The molecule has 0 atom stereocenters. The number of phenols is 2. The Morgan fingerprint density at radius 1 is 0.442 bits per heavy atom. The van der Waals surface area contributed by atoms with Crippen LogP contribution in [0.15, 0.2) is 121 Å². The molecule has 2 heterocycles. The summed E-state index contributed by atoms with van der Waals surface area (Å²) in [6.07, 6.45) is 0. The normalized spacial score (nSPS) is 13.4. The smallest absolute Gasteiger partial charge is 0.266 e. The number of carbonyl (C=O) groups excluding carboxylic acids is 6. The molecule has 0 aliphatic carbocycles. The zero-order valence-corrected chi connectivity index (χ0v) is 26.8. The molecule has 12 heteroatoms. The SMILES string of the molecule is O=C(Nc1ccccc1O)c1ccc2c(c1)C(=O)N(c1cccc3c(N4C(=O)c5ccc(C(=O)Nc6ccccc6O)cc5C4=O)cccc13)C2=O. The van der Waals surface area contributed by atoms with Gasteiger partial charge in [-0.3, -0.25) is 28.8 Å². The number of aromatic hydroxyl groups is 2. The maximum absolute atomic E-state index is 13.8. The van der Waals surface area contributed by atoms with Crippen LogP contribution in [-0.4, -0.2) is 45.7 Å². The van der Waals surface area contributed by atoms with Crippen molar-refractivity contribution in [1.82, 2.24) is 0 Å². The Morgan fingerprint density at radius 3 is 1.23 bits per heavy atom. The van der Waals surface area contributed by atoms with E-state index in [1.807, 2.05) is 0 Å². The van der Waals surface area contributed by atoms with Crippen LogP contribution in [0.3, 0.4) is 0 Å². The number of hydrogen-bond acceptors (Lipinski definition) is 8. The van der Waals surface area contributed by atoms with E-state index >= 15 is 0 Å². The van der Waals surface area contributed by atoms with Gasteiger partial charge in [-0.05, 0) is 72.8 Å². The van der Waals surface area contributed by atoms with E-state index in [1.54, 1.807) is 60.7 Å². The van der Waals surface area contributed by atoms with Crippen LogP contribution in [0.5, 0.6) is 11.5 Å². The van der Waals surface area contributed by atoms with Crippen molar-refractivity contribution in [2.24, 2.45) is 0 Å². The average molecular weight is 689 g/mol. The number of nitrogens with zero attached hydrogens (tertiary/aromatic N) is 2. The summed E-state index contributed by atoms with van der Waals surface area (Å²) >= 11 is 0. The maximum Gasteiger partial charge on any atom is 0.266 e. The van der Waals surface area contributed by atoms with Crippen molar-refractivity contribution in [3.63, 3.8) is 0 Å². The van der Waals surface area contributed by atoms with Crippen LogP contribution in [-0.2, 0) is 0 Å². The molecule has 52 heavy (non-hydrogen) atoms. The summed E-state index contributed by atoms with van der Waals surface area (Å²) in [5.41, 5.74) is 1.12. The molecule has 0 saturated heterocycles. The highest BCUT2D eigenvalue weighted by molar-refractivity contribution is 6.38. The number of amides is 6. The highest BCUT2D eigenvalue weighted by atomic mass is 16.3. The third-order valence-electron chi connectivity index (χ3n) is 8.96. The van der Waals surface area contributed by atoms with Gasteiger partial charge in [0.05, 0.1) is 45.0 Å². The van der Waals surface area contributed by atoms with Crippen LogP contribution >= 0.6 is 0 Å². The number of hydrogen-bond donors (Lipinski definition) is 4. The van der Waals surface area contributed by atoms with E-state index in [9.17, 15) is 39.0 Å². The van der Waals surface area contributed by atoms with Crippen LogP contribution in [0.25, 0.3) is 10.8 Å². The van der Waals surface area contributed by atoms with Gasteiger partial charge in [0, 0.05) is 21.9 Å². The predicted octanol–water partition coefficient (Wildman–Crippen LogP) is 6.36. The minimum Gasteiger partial charge on any atom is -0.506 e. The van der Waals surface area contributed by atoms with E-state index in [1.165, 1.54) is 60.7 Å². The first-order chi connectivity index (χ1) is 25.1. The fraction of sp³-hybridized carbons (Fsp3) is 0. The van der Waals surface area contributed by atoms with Crippen molar-refractivity contribution in [2.45, 2.75) is 0 Å². The first-order valence-corrected chi connectivity index (χ1v) is 15.9. The molecule has 0 radical (unpaired) electrons. The number of benzene rings is 6. The molecule has 8 rings (SSSR count). The Kier molecular flexibility index (Phi) is 7.35. The second-order valence-electron chi connectivity index (χ2n) is 12.0. The minimum atomic E-state index is -0.675. The summed E-state index contributed by atoms with van der Waals surface area (Å²) < 4.78 is 0. The van der Waals surface area contributed by atoms with Gasteiger partial charge in [-0.25, -0.2) is 9.80 Å². The quantitative estimate of drug-likeness (QED) is 0.116. The fourth-order valence-corrected chi connectivity index (χ4v) is 6.42. The molecule has 6 amide bonds. The molecular weight excluding hydrogens is 664 g/mol. The standard InChI is InChI=1S/C40H24N4O8/c45-33-13-3-1-9-29(33)41-35(47)21-15-17-25-27(19-21)39(51)43(37(25)49)31-11-5-8-24-23(31)7-6-12-32(24)44-38(50)26-18-16-22(20-28(26)40(44)52)36(48)42-30-10-2-4-14-34(30)46/h1-20,45-46H,(H,41,47)(H,42,48). The number of anilines is 4. The number of imide groups is 2. The molecule has 12 nitrogen and oxygen atoms in total. The van der Waals surface area contributed by atoms with Gasteiger partial charge in [-0.1, -0.05) is 48.5 Å². The molecule has 0 fully saturated rings. The van der Waals surface area contributed by atoms with E-state index < -0.39 is 35.4 Å². The molecule has 0 bridgehead atoms. The van der Waals surface area contributed by atoms with Crippen LogP contribution in [0, 0.1) is 0 Å². The Hall–Kier alpha value is -7.60. The number of phenolic OH excluding ortho intramolecular Hbond substituents is 2. The van der Waals surface area contributed by atoms with E-state index in [4.69, 9.17) is 0 Å². The first kappa shape index (κ1) is 31.7. The molecule has 0 saturated carbocycles. The third kappa shape index (κ3) is 5.01. The zero-order chi connectivity index (χ0) is 36.3. The van der Waals surface area contributed by atoms with Crippen LogP contribution in [0.4, 0.5) is 22.7 Å². The topological polar surface area (TPSA) is 173 Å². The largest absolute Gasteiger partial charge is 0.506 e.